The number of hydrogen-bond acceptors (Lipinski definition) is 2. The lowest BCUT2D eigenvalue weighted by Crippen LogP contribution is -2.59. The fourth-order valence-corrected chi connectivity index (χ4v) is 0. The third-order valence-electron chi connectivity index (χ3n) is 0. The number of oxime groups is 1. The van der Waals surface area contributed by atoms with Crippen LogP contribution in [0.1, 0.15) is 0 Å². The maximum absolute atomic E-state index is 7.08. The van der Waals surface area contributed by atoms with Crippen molar-refractivity contribution in [2.45, 2.75) is 0 Å². The molecule has 36 valence electrons. The van der Waals surface area contributed by atoms with E-state index in [0.29, 0.717) is 0 Å². The molecule has 0 bridgehead atoms. The van der Waals surface area contributed by atoms with Crippen molar-refractivity contribution in [3.05, 3.63) is 0 Å². The minimum Gasteiger partial charge on any atom is -0.411 e. The fraction of sp³-hybridized carbons (Fsp3) is 0.333. The van der Waals surface area contributed by atoms with Gasteiger partial charge in [-0.2, -0.15) is 0 Å². The van der Waals surface area contributed by atoms with Gasteiger partial charge in [0, 0.05) is 6.72 Å². The first-order chi connectivity index (χ1) is 2.83. The van der Waals surface area contributed by atoms with E-state index in [-0.39, 0.29) is 0 Å². The highest BCUT2D eigenvalue weighted by molar-refractivity contribution is 5.20. The summed E-state index contributed by atoms with van der Waals surface area (Å²) in [4.78, 5) is 2.50. The molecule has 0 aliphatic heterocycles. The predicted molar refractivity (Wildman–Crippen MR) is 25.3 cm³/mol. The largest absolute Gasteiger partial charge is 0.411 e. The molecule has 3 heteroatoms. The first-order valence-electron chi connectivity index (χ1n) is 1.37. The Bertz CT molecular complexity index is 29.8. The summed E-state index contributed by atoms with van der Waals surface area (Å²) in [5.74, 6) is 0. The molecular formula is C3H9N2O+. The summed E-state index contributed by atoms with van der Waals surface area (Å²) in [5, 5.41) is 9.33. The third-order valence-corrected chi connectivity index (χ3v) is 0. The first-order valence-corrected chi connectivity index (χ1v) is 1.37. The van der Waals surface area contributed by atoms with E-state index < -0.39 is 0 Å². The summed E-state index contributed by atoms with van der Waals surface area (Å²) in [5.41, 5.74) is 0. The Morgan fingerprint density at radius 1 is 1.83 bits per heavy atom. The van der Waals surface area contributed by atoms with Gasteiger partial charge in [-0.15, -0.1) is 5.16 Å². The Kier molecular flexibility index (Phi) is 46.8. The molecule has 0 aliphatic carbocycles. The van der Waals surface area contributed by atoms with Crippen molar-refractivity contribution >= 4 is 13.4 Å². The molecule has 6 heavy (non-hydrogen) atoms. The molecule has 0 atom stereocenters. The Hall–Kier alpha value is -0.860. The van der Waals surface area contributed by atoms with Gasteiger partial charge in [-0.3, -0.25) is 4.99 Å². The van der Waals surface area contributed by atoms with Crippen LogP contribution in [0.25, 0.3) is 0 Å². The fourth-order valence-electron chi connectivity index (χ4n) is 0. The highest BCUT2D eigenvalue weighted by atomic mass is 16.4. The summed E-state index contributed by atoms with van der Waals surface area (Å²) in [6, 6.07) is 0. The first kappa shape index (κ1) is 8.94. The van der Waals surface area contributed by atoms with Crippen LogP contribution in [0.3, 0.4) is 0 Å². The smallest absolute Gasteiger partial charge is 0.130 e. The molecule has 2 N–H and O–H groups in total. The minimum absolute atomic E-state index is 1.76. The van der Waals surface area contributed by atoms with Gasteiger partial charge in [-0.25, -0.2) is 0 Å². The summed E-state index contributed by atoms with van der Waals surface area (Å²) in [6.07, 6.45) is 0. The summed E-state index contributed by atoms with van der Waals surface area (Å²) < 4.78 is 0. The standard InChI is InChI=1S/C2H5N.CH3NO/c1-3-2;1-2-3/h1H2,2H3;3H,1H2/p+1. The molecule has 0 heterocycles. The van der Waals surface area contributed by atoms with Crippen molar-refractivity contribution in [1.29, 1.82) is 0 Å². The molecule has 0 rings (SSSR count). The predicted octanol–water partition coefficient (Wildman–Crippen LogP) is -1.53. The Morgan fingerprint density at radius 2 is 1.83 bits per heavy atom. The van der Waals surface area contributed by atoms with Gasteiger partial charge in [0.1, 0.15) is 13.8 Å². The molecule has 0 amide bonds. The van der Waals surface area contributed by atoms with Gasteiger partial charge in [0.15, 0.2) is 0 Å². The van der Waals surface area contributed by atoms with Crippen molar-refractivity contribution in [1.82, 2.24) is 0 Å². The Morgan fingerprint density at radius 3 is 1.83 bits per heavy atom. The van der Waals surface area contributed by atoms with Gasteiger partial charge in [0.2, 0.25) is 0 Å². The van der Waals surface area contributed by atoms with E-state index >= 15 is 0 Å². The lowest BCUT2D eigenvalue weighted by Gasteiger charge is -1.43. The second-order valence-electron chi connectivity index (χ2n) is 0.495. The summed E-state index contributed by atoms with van der Waals surface area (Å²) in [6.45, 7) is 5.90. The molecule has 0 saturated heterocycles. The van der Waals surface area contributed by atoms with E-state index in [1.54, 1.807) is 7.05 Å². The van der Waals surface area contributed by atoms with E-state index in [2.05, 4.69) is 23.6 Å². The van der Waals surface area contributed by atoms with Crippen LogP contribution in [0.15, 0.2) is 5.16 Å². The number of rotatable bonds is 0. The normalized spacial score (nSPS) is 4.17. The van der Waals surface area contributed by atoms with Gasteiger partial charge in [-0.1, -0.05) is 0 Å². The molecule has 0 aliphatic rings. The average molecular weight is 89.1 g/mol. The van der Waals surface area contributed by atoms with Gasteiger partial charge < -0.3 is 5.21 Å². The molecule has 0 spiro atoms. The molecule has 0 saturated carbocycles. The van der Waals surface area contributed by atoms with Crippen LogP contribution >= 0.6 is 0 Å². The van der Waals surface area contributed by atoms with Crippen LogP contribution in [0.4, 0.5) is 0 Å². The van der Waals surface area contributed by atoms with Crippen molar-refractivity contribution in [3.8, 4) is 0 Å². The zero-order valence-electron chi connectivity index (χ0n) is 3.81. The molecule has 3 nitrogen and oxygen atoms in total. The van der Waals surface area contributed by atoms with Crippen LogP contribution in [0.5, 0.6) is 0 Å². The summed E-state index contributed by atoms with van der Waals surface area (Å²) in [7, 11) is 1.76. The number of nitrogens with zero attached hydrogens (tertiary/aromatic N) is 1. The second kappa shape index (κ2) is 31.4. The topological polar surface area (TPSA) is 46.6 Å². The second-order valence-corrected chi connectivity index (χ2v) is 0.495. The van der Waals surface area contributed by atoms with Crippen LogP contribution in [0.2, 0.25) is 0 Å². The van der Waals surface area contributed by atoms with Crippen molar-refractivity contribution in [2.24, 2.45) is 5.16 Å². The molecule has 0 radical (unpaired) electrons. The monoisotopic (exact) mass is 89.1 g/mol. The van der Waals surface area contributed by atoms with Gasteiger partial charge >= 0.3 is 0 Å². The average Bonchev–Trinajstić information content (AvgIpc) is 1.39. The number of hydrogen-bond donors (Lipinski definition) is 2. The molecule has 0 aromatic rings. The third kappa shape index (κ3) is 19.4. The Labute approximate surface area is 37.0 Å². The number of nitrogens with one attached hydrogen (secondary N) is 1. The quantitative estimate of drug-likeness (QED) is 0.211. The van der Waals surface area contributed by atoms with Crippen LogP contribution < -0.4 is 4.99 Å². The summed E-state index contributed by atoms with van der Waals surface area (Å²) >= 11 is 0. The maximum Gasteiger partial charge on any atom is 0.130 e. The van der Waals surface area contributed by atoms with E-state index in [0.717, 1.165) is 0 Å². The van der Waals surface area contributed by atoms with Crippen LogP contribution in [-0.4, -0.2) is 25.7 Å². The Balaban J connectivity index is 0. The van der Waals surface area contributed by atoms with Gasteiger partial charge in [-0.05, 0) is 0 Å². The molecule has 0 aromatic heterocycles. The lowest BCUT2D eigenvalue weighted by molar-refractivity contribution is -0.409. The van der Waals surface area contributed by atoms with Gasteiger partial charge in [0.05, 0.1) is 0 Å². The van der Waals surface area contributed by atoms with E-state index in [1.165, 1.54) is 0 Å². The zero-order chi connectivity index (χ0) is 5.41. The van der Waals surface area contributed by atoms with Gasteiger partial charge in [0.25, 0.3) is 0 Å². The van der Waals surface area contributed by atoms with Crippen molar-refractivity contribution < 1.29 is 10.2 Å². The zero-order valence-corrected chi connectivity index (χ0v) is 3.81. The molecule has 0 unspecified atom stereocenters. The van der Waals surface area contributed by atoms with Crippen molar-refractivity contribution in [3.63, 3.8) is 0 Å². The lowest BCUT2D eigenvalue weighted by atomic mass is 11.4. The molecular weight excluding hydrogens is 80.0 g/mol. The maximum atomic E-state index is 7.08. The van der Waals surface area contributed by atoms with Crippen molar-refractivity contribution in [2.75, 3.05) is 7.05 Å². The minimum atomic E-state index is 1.76. The van der Waals surface area contributed by atoms with Crippen LogP contribution in [-0.2, 0) is 0 Å². The highest BCUT2D eigenvalue weighted by Gasteiger charge is 1.18. The highest BCUT2D eigenvalue weighted by Crippen LogP contribution is 1.20. The van der Waals surface area contributed by atoms with E-state index in [1.807, 2.05) is 0 Å². The SMILES string of the molecule is C=NO.C=[NH+]C. The van der Waals surface area contributed by atoms with Crippen LogP contribution in [0, 0.1) is 0 Å². The molecule has 0 fully saturated rings. The van der Waals surface area contributed by atoms with E-state index in [4.69, 9.17) is 5.21 Å². The molecule has 0 aromatic carbocycles. The van der Waals surface area contributed by atoms with E-state index in [9.17, 15) is 0 Å².